The number of ether oxygens (including phenoxy) is 1. The van der Waals surface area contributed by atoms with Gasteiger partial charge in [-0.1, -0.05) is 12.7 Å². The summed E-state index contributed by atoms with van der Waals surface area (Å²) < 4.78 is 6.46. The van der Waals surface area contributed by atoms with Gasteiger partial charge < -0.3 is 19.7 Å². The van der Waals surface area contributed by atoms with Crippen LogP contribution < -0.4 is 5.32 Å². The number of alkyl carbamates (subject to hydrolysis) is 1. The number of carboxylic acids is 1. The van der Waals surface area contributed by atoms with Crippen molar-refractivity contribution in [3.8, 4) is 0 Å². The van der Waals surface area contributed by atoms with Gasteiger partial charge in [-0.15, -0.1) is 0 Å². The van der Waals surface area contributed by atoms with E-state index < -0.39 is 12.1 Å². The quantitative estimate of drug-likeness (QED) is 0.777. The number of carbonyl (C=O) groups is 2. The first-order valence-corrected chi connectivity index (χ1v) is 5.37. The van der Waals surface area contributed by atoms with Crippen LogP contribution in [0.3, 0.4) is 0 Å². The fourth-order valence-electron chi connectivity index (χ4n) is 1.50. The minimum atomic E-state index is -0.983. The molecule has 0 fully saturated rings. The van der Waals surface area contributed by atoms with Crippen LogP contribution in [0.25, 0.3) is 0 Å². The van der Waals surface area contributed by atoms with Crippen LogP contribution in [0.1, 0.15) is 21.7 Å². The van der Waals surface area contributed by atoms with Gasteiger partial charge in [-0.25, -0.2) is 9.59 Å². The van der Waals surface area contributed by atoms with E-state index in [9.17, 15) is 9.59 Å². The Morgan fingerprint density at radius 2 is 2.28 bits per heavy atom. The van der Waals surface area contributed by atoms with Gasteiger partial charge in [-0.3, -0.25) is 0 Å². The van der Waals surface area contributed by atoms with Gasteiger partial charge in [-0.05, 0) is 13.0 Å². The molecule has 1 amide bonds. The molecule has 0 saturated heterocycles. The monoisotopic (exact) mass is 252 g/mol. The van der Waals surface area contributed by atoms with Crippen LogP contribution in [0.2, 0.25) is 0 Å². The van der Waals surface area contributed by atoms with E-state index in [2.05, 4.69) is 11.9 Å². The van der Waals surface area contributed by atoms with E-state index >= 15 is 0 Å². The number of hydrogen-bond acceptors (Lipinski definition) is 3. The maximum atomic E-state index is 11.2. The van der Waals surface area contributed by atoms with Crippen molar-refractivity contribution in [2.24, 2.45) is 7.05 Å². The van der Waals surface area contributed by atoms with Crippen molar-refractivity contribution in [1.82, 2.24) is 9.88 Å². The Kier molecular flexibility index (Phi) is 4.53. The van der Waals surface area contributed by atoms with E-state index in [0.717, 1.165) is 0 Å². The number of aromatic nitrogens is 1. The van der Waals surface area contributed by atoms with Crippen molar-refractivity contribution in [3.05, 3.63) is 35.7 Å². The molecule has 2 N–H and O–H groups in total. The van der Waals surface area contributed by atoms with Crippen LogP contribution in [0.15, 0.2) is 18.7 Å². The molecule has 0 bridgehead atoms. The van der Waals surface area contributed by atoms with Crippen molar-refractivity contribution < 1.29 is 19.4 Å². The Morgan fingerprint density at radius 1 is 1.61 bits per heavy atom. The molecule has 0 unspecified atom stereocenters. The smallest absolute Gasteiger partial charge is 0.407 e. The Labute approximate surface area is 105 Å². The Morgan fingerprint density at radius 3 is 2.78 bits per heavy atom. The first kappa shape index (κ1) is 13.8. The van der Waals surface area contributed by atoms with Crippen molar-refractivity contribution in [2.45, 2.75) is 13.5 Å². The molecule has 18 heavy (non-hydrogen) atoms. The van der Waals surface area contributed by atoms with Crippen molar-refractivity contribution >= 4 is 12.1 Å². The van der Waals surface area contributed by atoms with Crippen LogP contribution >= 0.6 is 0 Å². The maximum absolute atomic E-state index is 11.2. The molecular weight excluding hydrogens is 236 g/mol. The molecule has 1 rings (SSSR count). The third-order valence-corrected chi connectivity index (χ3v) is 2.61. The van der Waals surface area contributed by atoms with Crippen molar-refractivity contribution in [2.75, 3.05) is 6.61 Å². The highest BCUT2D eigenvalue weighted by molar-refractivity contribution is 5.89. The molecule has 1 aromatic rings. The lowest BCUT2D eigenvalue weighted by molar-refractivity contribution is 0.0696. The lowest BCUT2D eigenvalue weighted by Crippen LogP contribution is -2.24. The summed E-state index contributed by atoms with van der Waals surface area (Å²) in [6, 6.07) is 1.53. The largest absolute Gasteiger partial charge is 0.478 e. The molecule has 0 aliphatic carbocycles. The molecule has 98 valence electrons. The van der Waals surface area contributed by atoms with Gasteiger partial charge in [-0.2, -0.15) is 0 Å². The summed E-state index contributed by atoms with van der Waals surface area (Å²) in [5, 5.41) is 11.5. The predicted octanol–water partition coefficient (Wildman–Crippen LogP) is 1.44. The van der Waals surface area contributed by atoms with E-state index in [0.29, 0.717) is 11.4 Å². The van der Waals surface area contributed by atoms with Crippen LogP contribution in [0, 0.1) is 6.92 Å². The van der Waals surface area contributed by atoms with Gasteiger partial charge in [0.25, 0.3) is 0 Å². The van der Waals surface area contributed by atoms with Gasteiger partial charge in [0.2, 0.25) is 0 Å². The average molecular weight is 252 g/mol. The van der Waals surface area contributed by atoms with E-state index in [1.54, 1.807) is 18.5 Å². The summed E-state index contributed by atoms with van der Waals surface area (Å²) in [6.07, 6.45) is 0.903. The van der Waals surface area contributed by atoms with E-state index in [4.69, 9.17) is 9.84 Å². The van der Waals surface area contributed by atoms with Crippen molar-refractivity contribution in [1.29, 1.82) is 0 Å². The Balaban J connectivity index is 2.68. The fourth-order valence-corrected chi connectivity index (χ4v) is 1.50. The normalized spacial score (nSPS) is 9.89. The predicted molar refractivity (Wildman–Crippen MR) is 65.5 cm³/mol. The summed E-state index contributed by atoms with van der Waals surface area (Å²) in [4.78, 5) is 22.1. The molecule has 0 radical (unpaired) electrons. The van der Waals surface area contributed by atoms with Crippen LogP contribution in [0.4, 0.5) is 4.79 Å². The Hall–Kier alpha value is -2.24. The lowest BCUT2D eigenvalue weighted by Gasteiger charge is -2.07. The summed E-state index contributed by atoms with van der Waals surface area (Å²) in [6.45, 7) is 5.48. The van der Waals surface area contributed by atoms with Gasteiger partial charge in [0.1, 0.15) is 6.61 Å². The fraction of sp³-hybridized carbons (Fsp3) is 0.333. The summed E-state index contributed by atoms with van der Waals surface area (Å²) in [5.41, 5.74) is 1.56. The molecule has 6 heteroatoms. The summed E-state index contributed by atoms with van der Waals surface area (Å²) in [7, 11) is 1.74. The summed E-state index contributed by atoms with van der Waals surface area (Å²) in [5.74, 6) is -0.983. The highest BCUT2D eigenvalue weighted by Crippen LogP contribution is 2.13. The zero-order chi connectivity index (χ0) is 13.7. The van der Waals surface area contributed by atoms with Gasteiger partial charge in [0.15, 0.2) is 0 Å². The highest BCUT2D eigenvalue weighted by Gasteiger charge is 2.14. The molecule has 6 nitrogen and oxygen atoms in total. The van der Waals surface area contributed by atoms with E-state index in [1.165, 1.54) is 12.1 Å². The van der Waals surface area contributed by atoms with Crippen LogP contribution in [-0.4, -0.2) is 28.3 Å². The van der Waals surface area contributed by atoms with Crippen molar-refractivity contribution in [3.63, 3.8) is 0 Å². The molecule has 0 aliphatic rings. The molecule has 1 aromatic heterocycles. The van der Waals surface area contributed by atoms with Gasteiger partial charge in [0.05, 0.1) is 12.1 Å². The SMILES string of the molecule is C=CCOC(=O)NCc1cc(C(=O)O)c(C)n1C. The summed E-state index contributed by atoms with van der Waals surface area (Å²) >= 11 is 0. The van der Waals surface area contributed by atoms with Crippen LogP contribution in [-0.2, 0) is 18.3 Å². The van der Waals surface area contributed by atoms with Gasteiger partial charge >= 0.3 is 12.1 Å². The average Bonchev–Trinajstić information content (AvgIpc) is 2.61. The zero-order valence-electron chi connectivity index (χ0n) is 10.4. The van der Waals surface area contributed by atoms with Gasteiger partial charge in [0, 0.05) is 18.4 Å². The second-order valence-electron chi connectivity index (χ2n) is 3.74. The third kappa shape index (κ3) is 3.13. The molecule has 0 atom stereocenters. The highest BCUT2D eigenvalue weighted by atomic mass is 16.5. The number of aromatic carboxylic acids is 1. The van der Waals surface area contributed by atoms with E-state index in [1.807, 2.05) is 0 Å². The molecule has 1 heterocycles. The minimum Gasteiger partial charge on any atom is -0.478 e. The number of carboxylic acid groups (broad SMARTS) is 1. The maximum Gasteiger partial charge on any atom is 0.407 e. The molecular formula is C12H16N2O4. The number of carbonyl (C=O) groups excluding carboxylic acids is 1. The first-order valence-electron chi connectivity index (χ1n) is 5.37. The number of hydrogen-bond donors (Lipinski definition) is 2. The molecule has 0 saturated carbocycles. The third-order valence-electron chi connectivity index (χ3n) is 2.61. The topological polar surface area (TPSA) is 80.6 Å². The lowest BCUT2D eigenvalue weighted by atomic mass is 10.2. The number of nitrogens with one attached hydrogen (secondary N) is 1. The number of rotatable bonds is 5. The molecule has 0 aliphatic heterocycles. The number of nitrogens with zero attached hydrogens (tertiary/aromatic N) is 1. The zero-order valence-corrected chi connectivity index (χ0v) is 10.4. The molecule has 0 aromatic carbocycles. The Bertz CT molecular complexity index is 477. The standard InChI is InChI=1S/C12H16N2O4/c1-4-5-18-12(17)13-7-9-6-10(11(15)16)8(2)14(9)3/h4,6H,1,5,7H2,2-3H3,(H,13,17)(H,15,16). The second-order valence-corrected chi connectivity index (χ2v) is 3.74. The van der Waals surface area contributed by atoms with Crippen LogP contribution in [0.5, 0.6) is 0 Å². The molecule has 0 spiro atoms. The second kappa shape index (κ2) is 5.90. The minimum absolute atomic E-state index is 0.137. The van der Waals surface area contributed by atoms with E-state index in [-0.39, 0.29) is 18.7 Å². The first-order chi connectivity index (χ1) is 8.47. The number of amides is 1.